The number of hydrogen-bond acceptors (Lipinski definition) is 2. The minimum Gasteiger partial charge on any atom is -0.389 e. The van der Waals surface area contributed by atoms with E-state index in [0.717, 1.165) is 35.0 Å². The molecule has 1 saturated heterocycles. The third-order valence-electron chi connectivity index (χ3n) is 3.96. The molecule has 100 valence electrons. The van der Waals surface area contributed by atoms with Crippen molar-refractivity contribution in [2.45, 2.75) is 33.3 Å². The molecule has 1 aromatic carbocycles. The van der Waals surface area contributed by atoms with Gasteiger partial charge in [0.05, 0.1) is 11.8 Å². The molecule has 3 heteroatoms. The molecule has 2 nitrogen and oxygen atoms in total. The van der Waals surface area contributed by atoms with Crippen LogP contribution in [-0.4, -0.2) is 18.2 Å². The summed E-state index contributed by atoms with van der Waals surface area (Å²) in [6, 6.07) is 6.17. The Morgan fingerprint density at radius 3 is 2.56 bits per heavy atom. The first-order chi connectivity index (χ1) is 8.49. The maximum absolute atomic E-state index is 9.58. The molecule has 1 aliphatic heterocycles. The first kappa shape index (κ1) is 13.9. The number of halogens is 1. The van der Waals surface area contributed by atoms with Crippen LogP contribution in [0.5, 0.6) is 0 Å². The first-order valence-corrected chi connectivity index (χ1v) is 7.50. The van der Waals surface area contributed by atoms with Gasteiger partial charge in [0.1, 0.15) is 0 Å². The smallest absolute Gasteiger partial charge is 0.0762 e. The molecule has 1 heterocycles. The third-order valence-corrected chi connectivity index (χ3v) is 4.60. The van der Waals surface area contributed by atoms with Crippen molar-refractivity contribution >= 4 is 21.6 Å². The largest absolute Gasteiger partial charge is 0.389 e. The molecule has 0 saturated carbocycles. The van der Waals surface area contributed by atoms with E-state index < -0.39 is 6.10 Å². The minimum atomic E-state index is -0.405. The quantitative estimate of drug-likeness (QED) is 0.912. The van der Waals surface area contributed by atoms with E-state index in [4.69, 9.17) is 0 Å². The van der Waals surface area contributed by atoms with Gasteiger partial charge in [-0.15, -0.1) is 0 Å². The van der Waals surface area contributed by atoms with Gasteiger partial charge in [-0.25, -0.2) is 0 Å². The van der Waals surface area contributed by atoms with Crippen LogP contribution < -0.4 is 4.90 Å². The summed E-state index contributed by atoms with van der Waals surface area (Å²) < 4.78 is 1.09. The van der Waals surface area contributed by atoms with Gasteiger partial charge in [0.2, 0.25) is 0 Å². The molecule has 0 aromatic heterocycles. The van der Waals surface area contributed by atoms with Gasteiger partial charge < -0.3 is 10.0 Å². The maximum atomic E-state index is 9.58. The second-order valence-electron chi connectivity index (χ2n) is 5.63. The van der Waals surface area contributed by atoms with Crippen LogP contribution in [0.25, 0.3) is 0 Å². The molecule has 1 N–H and O–H groups in total. The van der Waals surface area contributed by atoms with Crippen LogP contribution in [0.4, 0.5) is 5.69 Å². The minimum absolute atomic E-state index is 0.405. The summed E-state index contributed by atoms with van der Waals surface area (Å²) in [4.78, 5) is 2.45. The van der Waals surface area contributed by atoms with Gasteiger partial charge in [-0.1, -0.05) is 19.9 Å². The van der Waals surface area contributed by atoms with Crippen molar-refractivity contribution in [3.63, 3.8) is 0 Å². The highest BCUT2D eigenvalue weighted by molar-refractivity contribution is 9.10. The van der Waals surface area contributed by atoms with Crippen molar-refractivity contribution in [3.05, 3.63) is 28.2 Å². The van der Waals surface area contributed by atoms with Crippen LogP contribution in [0, 0.1) is 11.8 Å². The van der Waals surface area contributed by atoms with Gasteiger partial charge in [-0.05, 0) is 58.8 Å². The lowest BCUT2D eigenvalue weighted by molar-refractivity contribution is 0.199. The number of nitrogens with zero attached hydrogens (tertiary/aromatic N) is 1. The number of rotatable bonds is 3. The Hall–Kier alpha value is -0.540. The van der Waals surface area contributed by atoms with Gasteiger partial charge in [0, 0.05) is 17.6 Å². The predicted octanol–water partition coefficient (Wildman–Crippen LogP) is 3.98. The number of anilines is 1. The molecule has 0 bridgehead atoms. The molecular formula is C15H22BrNO. The molecule has 0 amide bonds. The molecular weight excluding hydrogens is 290 g/mol. The molecule has 0 aliphatic carbocycles. The molecule has 1 aromatic rings. The standard InChI is InChI=1S/C15H22BrNO/c1-10(2)13-6-7-17(9-13)15-5-4-12(11(3)18)8-14(15)16/h4-5,8,10-11,13,18H,6-7,9H2,1-3H3. The average molecular weight is 312 g/mol. The van der Waals surface area contributed by atoms with Crippen LogP contribution in [0.2, 0.25) is 0 Å². The molecule has 2 atom stereocenters. The van der Waals surface area contributed by atoms with Crippen LogP contribution in [0.3, 0.4) is 0 Å². The zero-order chi connectivity index (χ0) is 13.3. The fourth-order valence-electron chi connectivity index (χ4n) is 2.59. The monoisotopic (exact) mass is 311 g/mol. The Balaban J connectivity index is 2.15. The Morgan fingerprint density at radius 2 is 2.06 bits per heavy atom. The summed E-state index contributed by atoms with van der Waals surface area (Å²) in [7, 11) is 0. The van der Waals surface area contributed by atoms with E-state index in [1.807, 2.05) is 12.1 Å². The highest BCUT2D eigenvalue weighted by atomic mass is 79.9. The van der Waals surface area contributed by atoms with Crippen molar-refractivity contribution in [3.8, 4) is 0 Å². The molecule has 1 aliphatic rings. The fourth-order valence-corrected chi connectivity index (χ4v) is 3.24. The Labute approximate surface area is 118 Å². The summed E-state index contributed by atoms with van der Waals surface area (Å²) in [5.41, 5.74) is 2.22. The average Bonchev–Trinajstić information content (AvgIpc) is 2.78. The topological polar surface area (TPSA) is 23.5 Å². The normalized spacial score (nSPS) is 21.7. The first-order valence-electron chi connectivity index (χ1n) is 6.71. The van der Waals surface area contributed by atoms with Crippen molar-refractivity contribution in [1.82, 2.24) is 0 Å². The van der Waals surface area contributed by atoms with E-state index in [0.29, 0.717) is 0 Å². The van der Waals surface area contributed by atoms with Crippen LogP contribution in [0.15, 0.2) is 22.7 Å². The summed E-state index contributed by atoms with van der Waals surface area (Å²) in [5.74, 6) is 1.55. The highest BCUT2D eigenvalue weighted by Gasteiger charge is 2.26. The fraction of sp³-hybridized carbons (Fsp3) is 0.600. The van der Waals surface area contributed by atoms with E-state index in [9.17, 15) is 5.11 Å². The lowest BCUT2D eigenvalue weighted by Gasteiger charge is -2.22. The van der Waals surface area contributed by atoms with Crippen molar-refractivity contribution < 1.29 is 5.11 Å². The van der Waals surface area contributed by atoms with Crippen LogP contribution >= 0.6 is 15.9 Å². The molecule has 0 radical (unpaired) electrons. The molecule has 18 heavy (non-hydrogen) atoms. The molecule has 2 rings (SSSR count). The van der Waals surface area contributed by atoms with Crippen LogP contribution in [0.1, 0.15) is 38.9 Å². The summed E-state index contributed by atoms with van der Waals surface area (Å²) >= 11 is 3.63. The van der Waals surface area contributed by atoms with Crippen LogP contribution in [-0.2, 0) is 0 Å². The molecule has 1 fully saturated rings. The van der Waals surface area contributed by atoms with Gasteiger partial charge in [-0.3, -0.25) is 0 Å². The summed E-state index contributed by atoms with van der Waals surface area (Å²) in [6.45, 7) is 8.69. The van der Waals surface area contributed by atoms with E-state index in [-0.39, 0.29) is 0 Å². The third kappa shape index (κ3) is 2.89. The zero-order valence-electron chi connectivity index (χ0n) is 11.4. The lowest BCUT2D eigenvalue weighted by Crippen LogP contribution is -2.21. The molecule has 0 spiro atoms. The number of benzene rings is 1. The Bertz CT molecular complexity index is 417. The van der Waals surface area contributed by atoms with Gasteiger partial charge in [0.15, 0.2) is 0 Å². The number of aliphatic hydroxyl groups excluding tert-OH is 1. The summed E-state index contributed by atoms with van der Waals surface area (Å²) in [6.07, 6.45) is 0.875. The van der Waals surface area contributed by atoms with Gasteiger partial charge in [-0.2, -0.15) is 0 Å². The zero-order valence-corrected chi connectivity index (χ0v) is 12.9. The highest BCUT2D eigenvalue weighted by Crippen LogP contribution is 2.34. The predicted molar refractivity (Wildman–Crippen MR) is 79.9 cm³/mol. The number of hydrogen-bond donors (Lipinski definition) is 1. The van der Waals surface area contributed by atoms with E-state index >= 15 is 0 Å². The lowest BCUT2D eigenvalue weighted by atomic mass is 9.95. The second kappa shape index (κ2) is 5.62. The Morgan fingerprint density at radius 1 is 1.33 bits per heavy atom. The SMILES string of the molecule is CC(O)c1ccc(N2CCC(C(C)C)C2)c(Br)c1. The van der Waals surface area contributed by atoms with Crippen molar-refractivity contribution in [1.29, 1.82) is 0 Å². The van der Waals surface area contributed by atoms with Gasteiger partial charge >= 0.3 is 0 Å². The maximum Gasteiger partial charge on any atom is 0.0762 e. The van der Waals surface area contributed by atoms with Crippen molar-refractivity contribution in [2.75, 3.05) is 18.0 Å². The second-order valence-corrected chi connectivity index (χ2v) is 6.48. The van der Waals surface area contributed by atoms with Gasteiger partial charge in [0.25, 0.3) is 0 Å². The summed E-state index contributed by atoms with van der Waals surface area (Å²) in [5, 5.41) is 9.58. The van der Waals surface area contributed by atoms with E-state index in [1.54, 1.807) is 6.92 Å². The molecule has 2 unspecified atom stereocenters. The van der Waals surface area contributed by atoms with E-state index in [2.05, 4.69) is 40.7 Å². The Kier molecular flexibility index (Phi) is 4.33. The van der Waals surface area contributed by atoms with E-state index in [1.165, 1.54) is 12.1 Å². The number of aliphatic hydroxyl groups is 1. The van der Waals surface area contributed by atoms with Crippen molar-refractivity contribution in [2.24, 2.45) is 11.8 Å².